The largest absolute Gasteiger partial charge is 0.385 e. The predicted octanol–water partition coefficient (Wildman–Crippen LogP) is 10.6. The number of alkyl halides is 2. The van der Waals surface area contributed by atoms with Gasteiger partial charge in [-0.1, -0.05) is 88.8 Å². The van der Waals surface area contributed by atoms with Crippen LogP contribution in [-0.2, 0) is 19.9 Å². The molecule has 2 aliphatic carbocycles. The van der Waals surface area contributed by atoms with Gasteiger partial charge in [-0.2, -0.15) is 5.10 Å². The lowest BCUT2D eigenvalue weighted by Crippen LogP contribution is -2.04. The van der Waals surface area contributed by atoms with Gasteiger partial charge in [-0.25, -0.2) is 8.78 Å². The zero-order chi connectivity index (χ0) is 28.7. The summed E-state index contributed by atoms with van der Waals surface area (Å²) in [6.07, 6.45) is 24.9. The molecule has 2 unspecified atom stereocenters. The standard InChI is InChI=1S/C36H57F2N3/c1-41-28-30(34(40-41)21-14-10-6-4-7-11-15-23-36(37)38)19-13-9-5-2-3-8-12-18-26-39-35-22-17-16-20-31(35)33-27-32(33)29-24-25-29/h16-17,20,22,28-29,32-33,36,39H,2-15,18-19,21,23-27H2,1H3. The van der Waals surface area contributed by atoms with Crippen LogP contribution in [0.5, 0.6) is 0 Å². The Hall–Kier alpha value is -1.91. The summed E-state index contributed by atoms with van der Waals surface area (Å²) in [6.45, 7) is 1.11. The van der Waals surface area contributed by atoms with E-state index in [9.17, 15) is 8.78 Å². The average Bonchev–Trinajstić information content (AvgIpc) is 3.88. The summed E-state index contributed by atoms with van der Waals surface area (Å²) >= 11 is 0. The quantitative estimate of drug-likeness (QED) is 0.127. The van der Waals surface area contributed by atoms with Gasteiger partial charge in [0.15, 0.2) is 0 Å². The maximum absolute atomic E-state index is 12.2. The van der Waals surface area contributed by atoms with Crippen LogP contribution in [0.15, 0.2) is 30.5 Å². The van der Waals surface area contributed by atoms with E-state index in [0.717, 1.165) is 50.0 Å². The minimum atomic E-state index is -2.13. The second-order valence-electron chi connectivity index (χ2n) is 13.1. The molecule has 5 heteroatoms. The Labute approximate surface area is 249 Å². The normalized spacial score (nSPS) is 18.3. The maximum Gasteiger partial charge on any atom is 0.238 e. The Morgan fingerprint density at radius 3 is 2.10 bits per heavy atom. The minimum Gasteiger partial charge on any atom is -0.385 e. The van der Waals surface area contributed by atoms with E-state index in [1.54, 1.807) is 5.56 Å². The van der Waals surface area contributed by atoms with Crippen molar-refractivity contribution in [3.63, 3.8) is 0 Å². The van der Waals surface area contributed by atoms with Gasteiger partial charge in [-0.05, 0) is 92.7 Å². The van der Waals surface area contributed by atoms with Crippen molar-refractivity contribution in [3.8, 4) is 0 Å². The Balaban J connectivity index is 0.960. The molecule has 2 aromatic rings. The summed E-state index contributed by atoms with van der Waals surface area (Å²) in [7, 11) is 2.04. The number of nitrogens with one attached hydrogen (secondary N) is 1. The van der Waals surface area contributed by atoms with E-state index < -0.39 is 6.43 Å². The molecule has 0 aliphatic heterocycles. The number of unbranched alkanes of at least 4 members (excludes halogenated alkanes) is 13. The van der Waals surface area contributed by atoms with Crippen LogP contribution in [0.3, 0.4) is 0 Å². The van der Waals surface area contributed by atoms with Crippen LogP contribution in [0.25, 0.3) is 0 Å². The highest BCUT2D eigenvalue weighted by Gasteiger charge is 2.48. The molecule has 0 saturated heterocycles. The van der Waals surface area contributed by atoms with E-state index in [2.05, 4.69) is 35.8 Å². The molecule has 1 aromatic heterocycles. The number of hydrogen-bond donors (Lipinski definition) is 1. The first-order chi connectivity index (χ1) is 20.1. The number of benzene rings is 1. The first kappa shape index (κ1) is 32.0. The zero-order valence-electron chi connectivity index (χ0n) is 25.9. The van der Waals surface area contributed by atoms with Crippen molar-refractivity contribution >= 4 is 5.69 Å². The molecule has 41 heavy (non-hydrogen) atoms. The number of para-hydroxylation sites is 1. The van der Waals surface area contributed by atoms with Crippen LogP contribution in [0, 0.1) is 11.8 Å². The van der Waals surface area contributed by atoms with Gasteiger partial charge >= 0.3 is 0 Å². The summed E-state index contributed by atoms with van der Waals surface area (Å²) in [5.74, 6) is 2.85. The summed E-state index contributed by atoms with van der Waals surface area (Å²) in [5.41, 5.74) is 5.71. The molecule has 1 N–H and O–H groups in total. The highest BCUT2D eigenvalue weighted by Crippen LogP contribution is 2.60. The van der Waals surface area contributed by atoms with Gasteiger partial charge in [0.05, 0.1) is 5.69 Å². The fourth-order valence-electron chi connectivity index (χ4n) is 6.80. The zero-order valence-corrected chi connectivity index (χ0v) is 25.9. The summed E-state index contributed by atoms with van der Waals surface area (Å²) in [6, 6.07) is 9.06. The third-order valence-corrected chi connectivity index (χ3v) is 9.44. The van der Waals surface area contributed by atoms with E-state index in [1.165, 1.54) is 113 Å². The number of halogens is 2. The van der Waals surface area contributed by atoms with Gasteiger partial charge < -0.3 is 5.32 Å². The Kier molecular flexibility index (Phi) is 14.0. The lowest BCUT2D eigenvalue weighted by molar-refractivity contribution is 0.133. The van der Waals surface area contributed by atoms with E-state index in [4.69, 9.17) is 5.10 Å². The fraction of sp³-hybridized carbons (Fsp3) is 0.750. The van der Waals surface area contributed by atoms with Gasteiger partial charge in [0.25, 0.3) is 0 Å². The van der Waals surface area contributed by atoms with Crippen molar-refractivity contribution in [2.45, 2.75) is 147 Å². The molecular weight excluding hydrogens is 512 g/mol. The van der Waals surface area contributed by atoms with Crippen LogP contribution >= 0.6 is 0 Å². The number of rotatable bonds is 24. The number of nitrogens with zero attached hydrogens (tertiary/aromatic N) is 2. The highest BCUT2D eigenvalue weighted by molar-refractivity contribution is 5.54. The monoisotopic (exact) mass is 569 g/mol. The molecular formula is C36H57F2N3. The first-order valence-corrected chi connectivity index (χ1v) is 17.2. The van der Waals surface area contributed by atoms with Crippen molar-refractivity contribution < 1.29 is 8.78 Å². The fourth-order valence-corrected chi connectivity index (χ4v) is 6.80. The van der Waals surface area contributed by atoms with Crippen LogP contribution in [0.4, 0.5) is 14.5 Å². The molecule has 3 nitrogen and oxygen atoms in total. The highest BCUT2D eigenvalue weighted by atomic mass is 19.3. The number of anilines is 1. The number of aryl methyl sites for hydroxylation is 3. The Morgan fingerprint density at radius 2 is 1.41 bits per heavy atom. The van der Waals surface area contributed by atoms with Gasteiger partial charge in [0, 0.05) is 31.9 Å². The third-order valence-electron chi connectivity index (χ3n) is 9.44. The molecule has 1 aromatic carbocycles. The minimum absolute atomic E-state index is 0.0667. The molecule has 230 valence electrons. The summed E-state index contributed by atoms with van der Waals surface area (Å²) in [4.78, 5) is 0. The molecule has 2 fully saturated rings. The molecule has 2 atom stereocenters. The molecule has 2 saturated carbocycles. The Bertz CT molecular complexity index is 983. The second-order valence-corrected chi connectivity index (χ2v) is 13.1. The molecule has 0 amide bonds. The molecule has 0 bridgehead atoms. The van der Waals surface area contributed by atoms with E-state index >= 15 is 0 Å². The SMILES string of the molecule is Cn1cc(CCCCCCCCCCNc2ccccc2C2CC2C2CC2)c(CCCCCCCCCC(F)F)n1. The lowest BCUT2D eigenvalue weighted by Gasteiger charge is -2.12. The summed E-state index contributed by atoms with van der Waals surface area (Å²) < 4.78 is 26.3. The van der Waals surface area contributed by atoms with Crippen LogP contribution in [0.1, 0.15) is 145 Å². The molecule has 1 heterocycles. The average molecular weight is 570 g/mol. The van der Waals surface area contributed by atoms with E-state index in [0.29, 0.717) is 6.42 Å². The summed E-state index contributed by atoms with van der Waals surface area (Å²) in [5, 5.41) is 8.50. The lowest BCUT2D eigenvalue weighted by atomic mass is 10.0. The number of aromatic nitrogens is 2. The van der Waals surface area contributed by atoms with Crippen LogP contribution in [0.2, 0.25) is 0 Å². The van der Waals surface area contributed by atoms with E-state index in [1.807, 2.05) is 11.7 Å². The predicted molar refractivity (Wildman–Crippen MR) is 169 cm³/mol. The second kappa shape index (κ2) is 17.9. The molecule has 0 spiro atoms. The van der Waals surface area contributed by atoms with Crippen molar-refractivity contribution in [2.75, 3.05) is 11.9 Å². The van der Waals surface area contributed by atoms with Crippen LogP contribution < -0.4 is 5.32 Å². The molecule has 0 radical (unpaired) electrons. The van der Waals surface area contributed by atoms with Crippen molar-refractivity contribution in [1.29, 1.82) is 0 Å². The number of hydrogen-bond acceptors (Lipinski definition) is 2. The maximum atomic E-state index is 12.2. The van der Waals surface area contributed by atoms with Crippen molar-refractivity contribution in [3.05, 3.63) is 47.3 Å². The van der Waals surface area contributed by atoms with Crippen LogP contribution in [-0.4, -0.2) is 22.8 Å². The molecule has 2 aliphatic rings. The van der Waals surface area contributed by atoms with Gasteiger partial charge in [0.2, 0.25) is 6.43 Å². The topological polar surface area (TPSA) is 29.9 Å². The third kappa shape index (κ3) is 12.1. The van der Waals surface area contributed by atoms with E-state index in [-0.39, 0.29) is 6.42 Å². The van der Waals surface area contributed by atoms with Gasteiger partial charge in [-0.15, -0.1) is 0 Å². The smallest absolute Gasteiger partial charge is 0.238 e. The van der Waals surface area contributed by atoms with Gasteiger partial charge in [0.1, 0.15) is 0 Å². The van der Waals surface area contributed by atoms with Gasteiger partial charge in [-0.3, -0.25) is 4.68 Å². The van der Waals surface area contributed by atoms with Crippen molar-refractivity contribution in [1.82, 2.24) is 9.78 Å². The van der Waals surface area contributed by atoms with Crippen molar-refractivity contribution in [2.24, 2.45) is 18.9 Å². The Morgan fingerprint density at radius 1 is 0.805 bits per heavy atom. The first-order valence-electron chi connectivity index (χ1n) is 17.2. The molecule has 4 rings (SSSR count).